The number of nitrogens with zero attached hydrogens (tertiary/aromatic N) is 3. The van der Waals surface area contributed by atoms with Crippen LogP contribution in [0.15, 0.2) is 12.1 Å². The van der Waals surface area contributed by atoms with E-state index in [0.717, 1.165) is 57.3 Å². The fourth-order valence-electron chi connectivity index (χ4n) is 4.92. The maximum absolute atomic E-state index is 13.0. The third-order valence-corrected chi connectivity index (χ3v) is 6.65. The van der Waals surface area contributed by atoms with Gasteiger partial charge in [-0.05, 0) is 69.7 Å². The molecule has 1 aromatic rings. The fourth-order valence-corrected chi connectivity index (χ4v) is 4.92. The Balaban J connectivity index is 1.32. The largest absolute Gasteiger partial charge is 0.480 e. The Kier molecular flexibility index (Phi) is 5.17. The van der Waals surface area contributed by atoms with E-state index < -0.39 is 5.97 Å². The number of carboxylic acids is 1. The molecular weight excluding hydrogens is 342 g/mol. The summed E-state index contributed by atoms with van der Waals surface area (Å²) in [5.41, 5.74) is 3.50. The molecule has 1 aromatic heterocycles. The van der Waals surface area contributed by atoms with Gasteiger partial charge >= 0.3 is 5.97 Å². The van der Waals surface area contributed by atoms with E-state index in [-0.39, 0.29) is 17.9 Å². The molecular formula is C21H29N3O3. The number of likely N-dealkylation sites (tertiary alicyclic amines) is 2. The molecule has 1 amide bonds. The van der Waals surface area contributed by atoms with E-state index in [1.54, 1.807) is 0 Å². The Morgan fingerprint density at radius 3 is 2.63 bits per heavy atom. The van der Waals surface area contributed by atoms with Gasteiger partial charge in [-0.1, -0.05) is 6.07 Å². The standard InChI is InChI=1S/C21H29N3O3/c25-19(26)15-23-12-8-21(9-13-23)10-14-24(20(21)27)11-7-17-6-5-16-3-1-2-4-18(16)22-17/h5-6H,1-4,7-15H2,(H,25,26). The number of aliphatic carboxylic acids is 1. The zero-order valence-electron chi connectivity index (χ0n) is 16.0. The number of aromatic nitrogens is 1. The molecule has 0 unspecified atom stereocenters. The molecule has 2 fully saturated rings. The number of hydrogen-bond donors (Lipinski definition) is 1. The molecule has 1 N–H and O–H groups in total. The van der Waals surface area contributed by atoms with Crippen molar-refractivity contribution in [3.63, 3.8) is 0 Å². The minimum absolute atomic E-state index is 0.0813. The van der Waals surface area contributed by atoms with Crippen molar-refractivity contribution in [3.05, 3.63) is 29.1 Å². The molecule has 1 spiro atoms. The lowest BCUT2D eigenvalue weighted by Crippen LogP contribution is -2.46. The van der Waals surface area contributed by atoms with Crippen LogP contribution in [0, 0.1) is 5.41 Å². The molecule has 2 aliphatic heterocycles. The molecule has 6 nitrogen and oxygen atoms in total. The number of piperidine rings is 1. The van der Waals surface area contributed by atoms with Crippen LogP contribution in [0.25, 0.3) is 0 Å². The Hall–Kier alpha value is -1.95. The molecule has 0 bridgehead atoms. The average Bonchev–Trinajstić information content (AvgIpc) is 2.97. The van der Waals surface area contributed by atoms with Crippen molar-refractivity contribution >= 4 is 11.9 Å². The van der Waals surface area contributed by atoms with E-state index in [1.807, 2.05) is 9.80 Å². The summed E-state index contributed by atoms with van der Waals surface area (Å²) in [6.07, 6.45) is 8.03. The summed E-state index contributed by atoms with van der Waals surface area (Å²) in [6.45, 7) is 3.06. The lowest BCUT2D eigenvalue weighted by atomic mass is 9.77. The highest BCUT2D eigenvalue weighted by Gasteiger charge is 2.47. The van der Waals surface area contributed by atoms with Gasteiger partial charge in [0, 0.05) is 30.9 Å². The first kappa shape index (κ1) is 18.4. The predicted octanol–water partition coefficient (Wildman–Crippen LogP) is 1.90. The average molecular weight is 371 g/mol. The van der Waals surface area contributed by atoms with Gasteiger partial charge in [-0.15, -0.1) is 0 Å². The first-order valence-corrected chi connectivity index (χ1v) is 10.3. The van der Waals surface area contributed by atoms with Crippen LogP contribution < -0.4 is 0 Å². The monoisotopic (exact) mass is 371 g/mol. The number of carbonyl (C=O) groups excluding carboxylic acids is 1. The molecule has 27 heavy (non-hydrogen) atoms. The van der Waals surface area contributed by atoms with Crippen molar-refractivity contribution in [1.82, 2.24) is 14.8 Å². The van der Waals surface area contributed by atoms with Crippen LogP contribution in [0.2, 0.25) is 0 Å². The molecule has 0 saturated carbocycles. The van der Waals surface area contributed by atoms with E-state index in [1.165, 1.54) is 24.1 Å². The summed E-state index contributed by atoms with van der Waals surface area (Å²) in [5, 5.41) is 8.95. The second-order valence-corrected chi connectivity index (χ2v) is 8.36. The van der Waals surface area contributed by atoms with Gasteiger partial charge in [0.05, 0.1) is 12.0 Å². The summed E-state index contributed by atoms with van der Waals surface area (Å²) in [4.78, 5) is 32.7. The van der Waals surface area contributed by atoms with Crippen molar-refractivity contribution < 1.29 is 14.7 Å². The van der Waals surface area contributed by atoms with E-state index in [9.17, 15) is 9.59 Å². The van der Waals surface area contributed by atoms with Crippen molar-refractivity contribution in [1.29, 1.82) is 0 Å². The van der Waals surface area contributed by atoms with Gasteiger partial charge in [0.2, 0.25) is 5.91 Å². The van der Waals surface area contributed by atoms with Gasteiger partial charge in [0.25, 0.3) is 0 Å². The molecule has 146 valence electrons. The number of hydrogen-bond acceptors (Lipinski definition) is 4. The first-order valence-electron chi connectivity index (χ1n) is 10.3. The van der Waals surface area contributed by atoms with E-state index in [2.05, 4.69) is 12.1 Å². The van der Waals surface area contributed by atoms with Crippen molar-refractivity contribution in [2.45, 2.75) is 51.4 Å². The minimum atomic E-state index is -0.789. The second kappa shape index (κ2) is 7.58. The number of amides is 1. The maximum Gasteiger partial charge on any atom is 0.317 e. The number of rotatable bonds is 5. The van der Waals surface area contributed by atoms with Crippen LogP contribution in [0.5, 0.6) is 0 Å². The fraction of sp³-hybridized carbons (Fsp3) is 0.667. The van der Waals surface area contributed by atoms with Gasteiger partial charge < -0.3 is 10.0 Å². The lowest BCUT2D eigenvalue weighted by Gasteiger charge is -2.37. The summed E-state index contributed by atoms with van der Waals surface area (Å²) >= 11 is 0. The van der Waals surface area contributed by atoms with Gasteiger partial charge in [0.15, 0.2) is 0 Å². The van der Waals surface area contributed by atoms with Crippen LogP contribution in [-0.2, 0) is 28.9 Å². The maximum atomic E-state index is 13.0. The van der Waals surface area contributed by atoms with Crippen LogP contribution in [-0.4, -0.2) is 64.5 Å². The SMILES string of the molecule is O=C(O)CN1CCC2(CC1)CCN(CCc1ccc3c(n1)CCCC3)C2=O. The Morgan fingerprint density at radius 1 is 1.11 bits per heavy atom. The quantitative estimate of drug-likeness (QED) is 0.856. The number of fused-ring (bicyclic) bond motifs is 1. The molecule has 0 atom stereocenters. The zero-order chi connectivity index (χ0) is 18.9. The zero-order valence-corrected chi connectivity index (χ0v) is 16.0. The summed E-state index contributed by atoms with van der Waals surface area (Å²) < 4.78 is 0. The van der Waals surface area contributed by atoms with Crippen LogP contribution >= 0.6 is 0 Å². The summed E-state index contributed by atoms with van der Waals surface area (Å²) in [6, 6.07) is 4.35. The Bertz CT molecular complexity index is 725. The van der Waals surface area contributed by atoms with E-state index in [4.69, 9.17) is 10.1 Å². The molecule has 0 radical (unpaired) electrons. The Morgan fingerprint density at radius 2 is 1.85 bits per heavy atom. The van der Waals surface area contributed by atoms with Gasteiger partial charge in [-0.2, -0.15) is 0 Å². The lowest BCUT2D eigenvalue weighted by molar-refractivity contribution is -0.140. The smallest absolute Gasteiger partial charge is 0.317 e. The van der Waals surface area contributed by atoms with Crippen LogP contribution in [0.3, 0.4) is 0 Å². The third kappa shape index (κ3) is 3.86. The van der Waals surface area contributed by atoms with Gasteiger partial charge in [-0.25, -0.2) is 0 Å². The summed E-state index contributed by atoms with van der Waals surface area (Å²) in [7, 11) is 0. The van der Waals surface area contributed by atoms with E-state index >= 15 is 0 Å². The summed E-state index contributed by atoms with van der Waals surface area (Å²) in [5.74, 6) is -0.515. The molecule has 3 aliphatic rings. The van der Waals surface area contributed by atoms with E-state index in [0.29, 0.717) is 13.1 Å². The minimum Gasteiger partial charge on any atom is -0.480 e. The topological polar surface area (TPSA) is 73.7 Å². The number of pyridine rings is 1. The molecule has 2 saturated heterocycles. The predicted molar refractivity (Wildman–Crippen MR) is 102 cm³/mol. The second-order valence-electron chi connectivity index (χ2n) is 8.36. The molecule has 0 aromatic carbocycles. The molecule has 1 aliphatic carbocycles. The number of aryl methyl sites for hydroxylation is 2. The Labute approximate surface area is 160 Å². The molecule has 6 heteroatoms. The highest BCUT2D eigenvalue weighted by molar-refractivity contribution is 5.85. The molecule has 4 rings (SSSR count). The first-order chi connectivity index (χ1) is 13.1. The highest BCUT2D eigenvalue weighted by Crippen LogP contribution is 2.41. The van der Waals surface area contributed by atoms with Crippen molar-refractivity contribution in [3.8, 4) is 0 Å². The molecule has 3 heterocycles. The van der Waals surface area contributed by atoms with Gasteiger partial charge in [0.1, 0.15) is 0 Å². The normalized spacial score (nSPS) is 22.2. The third-order valence-electron chi connectivity index (χ3n) is 6.65. The van der Waals surface area contributed by atoms with Crippen molar-refractivity contribution in [2.75, 3.05) is 32.7 Å². The van der Waals surface area contributed by atoms with Crippen molar-refractivity contribution in [2.24, 2.45) is 5.41 Å². The van der Waals surface area contributed by atoms with Crippen LogP contribution in [0.4, 0.5) is 0 Å². The van der Waals surface area contributed by atoms with Crippen LogP contribution in [0.1, 0.15) is 49.1 Å². The number of carbonyl (C=O) groups is 2. The number of carboxylic acid groups (broad SMARTS) is 1. The highest BCUT2D eigenvalue weighted by atomic mass is 16.4. The van der Waals surface area contributed by atoms with Gasteiger partial charge in [-0.3, -0.25) is 19.5 Å².